The zero-order valence-electron chi connectivity index (χ0n) is 16.4. The Balaban J connectivity index is 1.67. The Morgan fingerprint density at radius 1 is 0.556 bits per heavy atom. The second kappa shape index (κ2) is 5.90. The normalized spacial score (nSPS) is 14.6. The van der Waals surface area contributed by atoms with Crippen molar-refractivity contribution in [2.45, 2.75) is 47.0 Å². The van der Waals surface area contributed by atoms with Crippen LogP contribution >= 0.6 is 45.3 Å². The molecule has 0 spiro atoms. The molecule has 0 aliphatic heterocycles. The predicted molar refractivity (Wildman–Crippen MR) is 125 cm³/mol. The third kappa shape index (κ3) is 2.57. The van der Waals surface area contributed by atoms with Gasteiger partial charge in [-0.3, -0.25) is 0 Å². The van der Waals surface area contributed by atoms with Crippen molar-refractivity contribution in [1.29, 1.82) is 0 Å². The molecule has 27 heavy (non-hydrogen) atoms. The van der Waals surface area contributed by atoms with E-state index in [0.717, 1.165) is 0 Å². The van der Waals surface area contributed by atoms with Crippen LogP contribution in [0.15, 0.2) is 24.3 Å². The van der Waals surface area contributed by atoms with E-state index in [0.29, 0.717) is 0 Å². The maximum absolute atomic E-state index is 2.46. The maximum Gasteiger partial charge on any atom is 0.0493 e. The molecule has 0 amide bonds. The van der Waals surface area contributed by atoms with Gasteiger partial charge in [-0.15, -0.1) is 45.3 Å². The van der Waals surface area contributed by atoms with Gasteiger partial charge in [0.05, 0.1) is 0 Å². The molecular weight excluding hydrogens is 405 g/mol. The van der Waals surface area contributed by atoms with Crippen LogP contribution in [0.3, 0.4) is 0 Å². The lowest BCUT2D eigenvalue weighted by atomic mass is 9.83. The van der Waals surface area contributed by atoms with Gasteiger partial charge in [0, 0.05) is 44.4 Å². The molecule has 4 heterocycles. The van der Waals surface area contributed by atoms with Gasteiger partial charge in [-0.25, -0.2) is 0 Å². The van der Waals surface area contributed by atoms with Crippen molar-refractivity contribution in [2.75, 3.05) is 0 Å². The lowest BCUT2D eigenvalue weighted by Crippen LogP contribution is -2.13. The predicted octanol–water partition coefficient (Wildman–Crippen LogP) is 8.81. The van der Waals surface area contributed by atoms with Crippen LogP contribution in [0, 0.1) is 27.7 Å². The molecule has 4 aromatic heterocycles. The minimum atomic E-state index is 0.0918. The molecule has 0 atom stereocenters. The summed E-state index contributed by atoms with van der Waals surface area (Å²) < 4.78 is 0. The van der Waals surface area contributed by atoms with Gasteiger partial charge in [0.15, 0.2) is 0 Å². The minimum Gasteiger partial charge on any atom is -0.139 e. The molecule has 0 radical (unpaired) electrons. The van der Waals surface area contributed by atoms with E-state index in [1.807, 2.05) is 45.3 Å². The second-order valence-electron chi connectivity index (χ2n) is 8.07. The van der Waals surface area contributed by atoms with E-state index in [-0.39, 0.29) is 5.41 Å². The van der Waals surface area contributed by atoms with Crippen molar-refractivity contribution in [1.82, 2.24) is 0 Å². The largest absolute Gasteiger partial charge is 0.139 e. The van der Waals surface area contributed by atoms with E-state index < -0.39 is 0 Å². The smallest absolute Gasteiger partial charge is 0.0493 e. The fraction of sp³-hybridized carbons (Fsp3) is 0.304. The molecule has 4 heteroatoms. The summed E-state index contributed by atoms with van der Waals surface area (Å²) in [6, 6.07) is 9.55. The van der Waals surface area contributed by atoms with Crippen LogP contribution in [-0.2, 0) is 5.41 Å². The lowest BCUT2D eigenvalue weighted by molar-refractivity contribution is 0.663. The Morgan fingerprint density at radius 3 is 1.30 bits per heavy atom. The van der Waals surface area contributed by atoms with Crippen LogP contribution in [0.25, 0.3) is 29.3 Å². The van der Waals surface area contributed by atoms with E-state index in [2.05, 4.69) is 65.8 Å². The summed E-state index contributed by atoms with van der Waals surface area (Å²) in [5, 5.41) is 0. The summed E-state index contributed by atoms with van der Waals surface area (Å²) in [5.74, 6) is 0. The fourth-order valence-corrected chi connectivity index (χ4v) is 9.37. The Kier molecular flexibility index (Phi) is 3.90. The molecular formula is C23H22S4. The number of aryl methyl sites for hydroxylation is 4. The fourth-order valence-electron chi connectivity index (χ4n) is 4.19. The SMILES string of the molecule is Cc1cc(C)c(-c2cc3c(s2)-c2sc(-c4sc(C)cc4C)cc2C3(C)C)s1. The van der Waals surface area contributed by atoms with Gasteiger partial charge in [0.25, 0.3) is 0 Å². The van der Waals surface area contributed by atoms with Crippen molar-refractivity contribution in [3.8, 4) is 29.3 Å². The molecule has 0 N–H and O–H groups in total. The standard InChI is InChI=1S/C23H22S4/c1-11-7-13(3)24-19(11)17-9-15-21(26-17)22-16(23(15,5)6)10-18(27-22)20-12(2)8-14(4)25-20/h7-10H,1-6H3. The molecule has 0 unspecified atom stereocenters. The van der Waals surface area contributed by atoms with Gasteiger partial charge in [0.2, 0.25) is 0 Å². The molecule has 4 aromatic rings. The first kappa shape index (κ1) is 17.9. The summed E-state index contributed by atoms with van der Waals surface area (Å²) in [7, 11) is 0. The highest BCUT2D eigenvalue weighted by molar-refractivity contribution is 7.29. The molecule has 0 nitrogen and oxygen atoms in total. The van der Waals surface area contributed by atoms with Gasteiger partial charge >= 0.3 is 0 Å². The van der Waals surface area contributed by atoms with Crippen molar-refractivity contribution in [3.05, 3.63) is 56.3 Å². The van der Waals surface area contributed by atoms with Gasteiger partial charge in [-0.05, 0) is 74.2 Å². The Hall–Kier alpha value is -1.20. The van der Waals surface area contributed by atoms with E-state index in [1.165, 1.54) is 61.3 Å². The molecule has 1 aliphatic rings. The van der Waals surface area contributed by atoms with Crippen molar-refractivity contribution < 1.29 is 0 Å². The zero-order chi connectivity index (χ0) is 19.1. The molecule has 0 saturated carbocycles. The maximum atomic E-state index is 2.46. The third-order valence-electron chi connectivity index (χ3n) is 5.55. The average molecular weight is 427 g/mol. The van der Waals surface area contributed by atoms with Gasteiger partial charge in [0.1, 0.15) is 0 Å². The summed E-state index contributed by atoms with van der Waals surface area (Å²) in [6.45, 7) is 13.7. The number of thiophene rings is 4. The molecule has 0 bridgehead atoms. The van der Waals surface area contributed by atoms with Crippen molar-refractivity contribution in [3.63, 3.8) is 0 Å². The van der Waals surface area contributed by atoms with Gasteiger partial charge in [-0.1, -0.05) is 13.8 Å². The number of fused-ring (bicyclic) bond motifs is 3. The molecule has 1 aliphatic carbocycles. The highest BCUT2D eigenvalue weighted by atomic mass is 32.1. The number of hydrogen-bond donors (Lipinski definition) is 0. The molecule has 0 saturated heterocycles. The summed E-state index contributed by atoms with van der Waals surface area (Å²) in [4.78, 5) is 11.6. The lowest BCUT2D eigenvalue weighted by Gasteiger charge is -2.19. The first-order valence-electron chi connectivity index (χ1n) is 9.19. The average Bonchev–Trinajstić information content (AvgIpc) is 3.33. The highest BCUT2D eigenvalue weighted by Gasteiger charge is 2.40. The second-order valence-corrected chi connectivity index (χ2v) is 12.7. The van der Waals surface area contributed by atoms with Crippen LogP contribution in [0.4, 0.5) is 0 Å². The van der Waals surface area contributed by atoms with Crippen molar-refractivity contribution in [2.24, 2.45) is 0 Å². The van der Waals surface area contributed by atoms with Crippen molar-refractivity contribution >= 4 is 45.3 Å². The monoisotopic (exact) mass is 426 g/mol. The molecule has 138 valence electrons. The quantitative estimate of drug-likeness (QED) is 0.300. The van der Waals surface area contributed by atoms with E-state index in [4.69, 9.17) is 0 Å². The van der Waals surface area contributed by atoms with Crippen LogP contribution < -0.4 is 0 Å². The topological polar surface area (TPSA) is 0 Å². The zero-order valence-corrected chi connectivity index (χ0v) is 19.7. The van der Waals surface area contributed by atoms with Crippen LogP contribution in [0.5, 0.6) is 0 Å². The Labute approximate surface area is 177 Å². The highest BCUT2D eigenvalue weighted by Crippen LogP contribution is 2.59. The van der Waals surface area contributed by atoms with Crippen LogP contribution in [0.1, 0.15) is 45.9 Å². The first-order valence-corrected chi connectivity index (χ1v) is 12.5. The minimum absolute atomic E-state index is 0.0918. The van der Waals surface area contributed by atoms with E-state index in [9.17, 15) is 0 Å². The van der Waals surface area contributed by atoms with Crippen LogP contribution in [-0.4, -0.2) is 0 Å². The first-order chi connectivity index (χ1) is 12.8. The van der Waals surface area contributed by atoms with Crippen LogP contribution in [0.2, 0.25) is 0 Å². The Bertz CT molecular complexity index is 1100. The van der Waals surface area contributed by atoms with E-state index in [1.54, 1.807) is 0 Å². The molecule has 0 fully saturated rings. The third-order valence-corrected chi connectivity index (χ3v) is 10.6. The Morgan fingerprint density at radius 2 is 0.963 bits per heavy atom. The summed E-state index contributed by atoms with van der Waals surface area (Å²) in [6.07, 6.45) is 0. The summed E-state index contributed by atoms with van der Waals surface area (Å²) >= 11 is 7.84. The molecule has 5 rings (SSSR count). The summed E-state index contributed by atoms with van der Waals surface area (Å²) in [5.41, 5.74) is 5.94. The van der Waals surface area contributed by atoms with E-state index >= 15 is 0 Å². The van der Waals surface area contributed by atoms with Gasteiger partial charge in [-0.2, -0.15) is 0 Å². The number of rotatable bonds is 2. The molecule has 0 aromatic carbocycles. The number of hydrogen-bond acceptors (Lipinski definition) is 4. The van der Waals surface area contributed by atoms with Gasteiger partial charge < -0.3 is 0 Å².